The van der Waals surface area contributed by atoms with E-state index >= 15 is 0 Å². The summed E-state index contributed by atoms with van der Waals surface area (Å²) < 4.78 is 6.07. The number of halogens is 1. The van der Waals surface area contributed by atoms with Crippen LogP contribution >= 0.6 is 11.6 Å². The monoisotopic (exact) mass is 424 g/mol. The summed E-state index contributed by atoms with van der Waals surface area (Å²) in [6.07, 6.45) is 6.10. The van der Waals surface area contributed by atoms with Gasteiger partial charge < -0.3 is 21.5 Å². The van der Waals surface area contributed by atoms with Gasteiger partial charge in [-0.25, -0.2) is 0 Å². The maximum absolute atomic E-state index is 6.58. The maximum atomic E-state index is 6.58. The minimum atomic E-state index is 0.397. The Bertz CT molecular complexity index is 934. The summed E-state index contributed by atoms with van der Waals surface area (Å²) in [5, 5.41) is 4.17. The summed E-state index contributed by atoms with van der Waals surface area (Å²) in [5.41, 5.74) is 16.9. The molecule has 30 heavy (non-hydrogen) atoms. The van der Waals surface area contributed by atoms with Gasteiger partial charge in [-0.05, 0) is 73.3 Å². The standard InChI is InChI=1S/C24H29ClN4O/c25-22-15-23(29-13-9-18-4-3-12-28-16-18)20(8-11-27)14-21(22)17-30-24-6-2-1-5-19(24)7-10-26/h1-6,12,14-16,29H,7-11,13,17,26-27H2. The van der Waals surface area contributed by atoms with Gasteiger partial charge in [0.1, 0.15) is 12.4 Å². The molecule has 0 radical (unpaired) electrons. The van der Waals surface area contributed by atoms with Crippen molar-refractivity contribution in [3.8, 4) is 5.75 Å². The smallest absolute Gasteiger partial charge is 0.123 e. The van der Waals surface area contributed by atoms with Gasteiger partial charge in [-0.2, -0.15) is 0 Å². The molecule has 0 aliphatic heterocycles. The molecule has 1 aromatic heterocycles. The third-order valence-electron chi connectivity index (χ3n) is 4.91. The van der Waals surface area contributed by atoms with E-state index in [0.29, 0.717) is 24.7 Å². The van der Waals surface area contributed by atoms with Crippen LogP contribution in [0.2, 0.25) is 5.02 Å². The van der Waals surface area contributed by atoms with Crippen LogP contribution in [0, 0.1) is 0 Å². The van der Waals surface area contributed by atoms with E-state index in [2.05, 4.69) is 22.4 Å². The quantitative estimate of drug-likeness (QED) is 0.433. The predicted octanol–water partition coefficient (Wildman–Crippen LogP) is 3.97. The molecule has 0 amide bonds. The van der Waals surface area contributed by atoms with Crippen LogP contribution < -0.4 is 21.5 Å². The van der Waals surface area contributed by atoms with Gasteiger partial charge in [0.05, 0.1) is 0 Å². The fourth-order valence-corrected chi connectivity index (χ4v) is 3.57. The van der Waals surface area contributed by atoms with E-state index in [1.54, 1.807) is 6.20 Å². The molecule has 0 atom stereocenters. The third-order valence-corrected chi connectivity index (χ3v) is 5.26. The highest BCUT2D eigenvalue weighted by molar-refractivity contribution is 6.31. The summed E-state index contributed by atoms with van der Waals surface area (Å²) >= 11 is 6.58. The number of ether oxygens (including phenoxy) is 1. The van der Waals surface area contributed by atoms with Crippen molar-refractivity contribution >= 4 is 17.3 Å². The number of nitrogens with zero attached hydrogens (tertiary/aromatic N) is 1. The van der Waals surface area contributed by atoms with E-state index in [1.165, 1.54) is 5.56 Å². The lowest BCUT2D eigenvalue weighted by atomic mass is 10.0. The molecule has 2 aromatic carbocycles. The molecule has 3 rings (SSSR count). The van der Waals surface area contributed by atoms with Crippen LogP contribution in [0.4, 0.5) is 5.69 Å². The zero-order chi connectivity index (χ0) is 21.2. The van der Waals surface area contributed by atoms with Gasteiger partial charge in [-0.3, -0.25) is 4.98 Å². The van der Waals surface area contributed by atoms with Gasteiger partial charge >= 0.3 is 0 Å². The number of para-hydroxylation sites is 1. The van der Waals surface area contributed by atoms with E-state index in [1.807, 2.05) is 42.6 Å². The Morgan fingerprint density at radius 2 is 1.70 bits per heavy atom. The zero-order valence-electron chi connectivity index (χ0n) is 17.1. The number of rotatable bonds is 11. The average Bonchev–Trinajstić information content (AvgIpc) is 2.76. The zero-order valence-corrected chi connectivity index (χ0v) is 17.9. The maximum Gasteiger partial charge on any atom is 0.123 e. The van der Waals surface area contributed by atoms with Crippen molar-refractivity contribution in [2.24, 2.45) is 11.5 Å². The number of hydrogen-bond donors (Lipinski definition) is 3. The second-order valence-corrected chi connectivity index (χ2v) is 7.52. The molecule has 1 heterocycles. The van der Waals surface area contributed by atoms with E-state index in [0.717, 1.165) is 53.9 Å². The van der Waals surface area contributed by atoms with Gasteiger partial charge in [0.25, 0.3) is 0 Å². The number of nitrogens with two attached hydrogens (primary N) is 2. The minimum absolute atomic E-state index is 0.397. The Kier molecular flexibility index (Phi) is 8.51. The third kappa shape index (κ3) is 6.20. The first kappa shape index (κ1) is 22.1. The van der Waals surface area contributed by atoms with Crippen LogP contribution in [0.25, 0.3) is 0 Å². The predicted molar refractivity (Wildman–Crippen MR) is 124 cm³/mol. The number of benzene rings is 2. The Balaban J connectivity index is 1.69. The van der Waals surface area contributed by atoms with Crippen molar-refractivity contribution in [3.05, 3.63) is 88.2 Å². The van der Waals surface area contributed by atoms with Crippen molar-refractivity contribution in [3.63, 3.8) is 0 Å². The number of aromatic nitrogens is 1. The molecule has 6 heteroatoms. The lowest BCUT2D eigenvalue weighted by Crippen LogP contribution is -2.11. The van der Waals surface area contributed by atoms with Crippen LogP contribution in [0.1, 0.15) is 22.3 Å². The van der Waals surface area contributed by atoms with E-state index < -0.39 is 0 Å². The van der Waals surface area contributed by atoms with Crippen molar-refractivity contribution in [2.45, 2.75) is 25.9 Å². The molecule has 3 aromatic rings. The van der Waals surface area contributed by atoms with Gasteiger partial charge in [0.2, 0.25) is 0 Å². The molecule has 0 fully saturated rings. The molecule has 0 saturated carbocycles. The summed E-state index contributed by atoms with van der Waals surface area (Å²) in [7, 11) is 0. The highest BCUT2D eigenvalue weighted by atomic mass is 35.5. The summed E-state index contributed by atoms with van der Waals surface area (Å²) in [5.74, 6) is 0.845. The van der Waals surface area contributed by atoms with E-state index in [-0.39, 0.29) is 0 Å². The van der Waals surface area contributed by atoms with Crippen LogP contribution in [-0.4, -0.2) is 24.6 Å². The Morgan fingerprint density at radius 3 is 2.47 bits per heavy atom. The fraction of sp³-hybridized carbons (Fsp3) is 0.292. The lowest BCUT2D eigenvalue weighted by molar-refractivity contribution is 0.303. The highest BCUT2D eigenvalue weighted by Crippen LogP contribution is 2.28. The van der Waals surface area contributed by atoms with Crippen molar-refractivity contribution in [2.75, 3.05) is 25.0 Å². The first-order chi connectivity index (χ1) is 14.7. The molecular formula is C24H29ClN4O. The van der Waals surface area contributed by atoms with Crippen LogP contribution in [0.15, 0.2) is 60.9 Å². The summed E-state index contributed by atoms with van der Waals surface area (Å²) in [6.45, 7) is 2.34. The Morgan fingerprint density at radius 1 is 0.900 bits per heavy atom. The van der Waals surface area contributed by atoms with Gasteiger partial charge in [0.15, 0.2) is 0 Å². The highest BCUT2D eigenvalue weighted by Gasteiger charge is 2.11. The van der Waals surface area contributed by atoms with Gasteiger partial charge in [-0.1, -0.05) is 35.9 Å². The molecule has 5 N–H and O–H groups in total. The normalized spacial score (nSPS) is 10.8. The molecule has 0 spiro atoms. The first-order valence-corrected chi connectivity index (χ1v) is 10.6. The number of anilines is 1. The molecule has 0 unspecified atom stereocenters. The molecule has 158 valence electrons. The number of nitrogens with one attached hydrogen (secondary N) is 1. The van der Waals surface area contributed by atoms with Crippen molar-refractivity contribution in [1.29, 1.82) is 0 Å². The largest absolute Gasteiger partial charge is 0.489 e. The summed E-state index contributed by atoms with van der Waals surface area (Å²) in [4.78, 5) is 4.16. The lowest BCUT2D eigenvalue weighted by Gasteiger charge is -2.16. The molecule has 0 aliphatic carbocycles. The van der Waals surface area contributed by atoms with Crippen molar-refractivity contribution < 1.29 is 4.74 Å². The SMILES string of the molecule is NCCc1cc(COc2ccccc2CCN)c(Cl)cc1NCCc1cccnc1. The topological polar surface area (TPSA) is 86.2 Å². The average molecular weight is 425 g/mol. The fourth-order valence-electron chi connectivity index (χ4n) is 3.36. The van der Waals surface area contributed by atoms with Crippen LogP contribution in [0.5, 0.6) is 5.75 Å². The first-order valence-electron chi connectivity index (χ1n) is 10.3. The van der Waals surface area contributed by atoms with Crippen LogP contribution in [0.3, 0.4) is 0 Å². The molecule has 0 bridgehead atoms. The molecule has 0 aliphatic rings. The molecule has 0 saturated heterocycles. The number of pyridine rings is 1. The number of hydrogen-bond acceptors (Lipinski definition) is 5. The van der Waals surface area contributed by atoms with E-state index in [4.69, 9.17) is 27.8 Å². The minimum Gasteiger partial charge on any atom is -0.489 e. The van der Waals surface area contributed by atoms with Crippen LogP contribution in [-0.2, 0) is 25.9 Å². The Hall–Kier alpha value is -2.60. The Labute approximate surface area is 183 Å². The van der Waals surface area contributed by atoms with Gasteiger partial charge in [0, 0.05) is 35.2 Å². The molecular weight excluding hydrogens is 396 g/mol. The van der Waals surface area contributed by atoms with E-state index in [9.17, 15) is 0 Å². The second-order valence-electron chi connectivity index (χ2n) is 7.11. The van der Waals surface area contributed by atoms with Gasteiger partial charge in [-0.15, -0.1) is 0 Å². The summed E-state index contributed by atoms with van der Waals surface area (Å²) in [6, 6.07) is 16.1. The second kappa shape index (κ2) is 11.6. The molecule has 5 nitrogen and oxygen atoms in total. The van der Waals surface area contributed by atoms with Crippen molar-refractivity contribution in [1.82, 2.24) is 4.98 Å².